The molecule has 1 fully saturated rings. The van der Waals surface area contributed by atoms with Crippen molar-refractivity contribution in [2.24, 2.45) is 0 Å². The van der Waals surface area contributed by atoms with Gasteiger partial charge >= 0.3 is 0 Å². The predicted octanol–water partition coefficient (Wildman–Crippen LogP) is 5.80. The third-order valence-corrected chi connectivity index (χ3v) is 6.58. The van der Waals surface area contributed by atoms with Crippen molar-refractivity contribution in [1.82, 2.24) is 19.4 Å². The second kappa shape index (κ2) is 12.1. The smallest absolute Gasteiger partial charge is 0.257 e. The van der Waals surface area contributed by atoms with E-state index in [2.05, 4.69) is 21.6 Å². The molecule has 0 atom stereocenters. The molecule has 1 aliphatic rings. The Morgan fingerprint density at radius 2 is 1.80 bits per heavy atom. The highest BCUT2D eigenvalue weighted by molar-refractivity contribution is 5.94. The van der Waals surface area contributed by atoms with E-state index in [-0.39, 0.29) is 12.1 Å². The first-order valence-corrected chi connectivity index (χ1v) is 12.6. The number of rotatable bonds is 10. The van der Waals surface area contributed by atoms with E-state index in [4.69, 9.17) is 4.98 Å². The fraction of sp³-hybridized carbons (Fsp3) is 0.429. The third-order valence-electron chi connectivity index (χ3n) is 6.58. The van der Waals surface area contributed by atoms with Crippen molar-refractivity contribution in [3.63, 3.8) is 0 Å². The van der Waals surface area contributed by atoms with Gasteiger partial charge in [0.2, 0.25) is 0 Å². The van der Waals surface area contributed by atoms with Gasteiger partial charge < -0.3 is 9.47 Å². The van der Waals surface area contributed by atoms with Gasteiger partial charge in [-0.1, -0.05) is 50.1 Å². The lowest BCUT2D eigenvalue weighted by molar-refractivity contribution is 0.0729. The van der Waals surface area contributed by atoms with E-state index in [1.54, 1.807) is 4.90 Å². The maximum absolute atomic E-state index is 14.4. The summed E-state index contributed by atoms with van der Waals surface area (Å²) in [6, 6.07) is 11.6. The molecule has 4 rings (SSSR count). The van der Waals surface area contributed by atoms with Gasteiger partial charge in [-0.05, 0) is 56.6 Å². The second-order valence-electron chi connectivity index (χ2n) is 9.14. The zero-order valence-electron chi connectivity index (χ0n) is 20.4. The lowest BCUT2D eigenvalue weighted by Gasteiger charge is -2.25. The molecule has 0 unspecified atom stereocenters. The molecule has 1 amide bonds. The average Bonchev–Trinajstić information content (AvgIpc) is 3.23. The molecule has 35 heavy (non-hydrogen) atoms. The minimum Gasteiger partial charge on any atom is -0.331 e. The number of hydrogen-bond acceptors (Lipinski definition) is 3. The highest BCUT2D eigenvalue weighted by Gasteiger charge is 2.23. The molecule has 0 N–H and O–H groups in total. The molecule has 0 saturated carbocycles. The lowest BCUT2D eigenvalue weighted by Crippen LogP contribution is -2.33. The highest BCUT2D eigenvalue weighted by Crippen LogP contribution is 2.20. The predicted molar refractivity (Wildman–Crippen MR) is 135 cm³/mol. The lowest BCUT2D eigenvalue weighted by atomic mass is 10.1. The molecular weight excluding hydrogens is 446 g/mol. The van der Waals surface area contributed by atoms with Gasteiger partial charge in [0.05, 0.1) is 23.1 Å². The fourth-order valence-corrected chi connectivity index (χ4v) is 4.61. The summed E-state index contributed by atoms with van der Waals surface area (Å²) >= 11 is 0. The normalized spacial score (nSPS) is 14.7. The van der Waals surface area contributed by atoms with Crippen LogP contribution in [0.4, 0.5) is 8.78 Å². The van der Waals surface area contributed by atoms with Crippen molar-refractivity contribution < 1.29 is 13.6 Å². The number of para-hydroxylation sites is 2. The summed E-state index contributed by atoms with van der Waals surface area (Å²) in [6.45, 7) is 6.57. The molecule has 1 aromatic heterocycles. The quantitative estimate of drug-likeness (QED) is 0.345. The molecule has 1 saturated heterocycles. The van der Waals surface area contributed by atoms with Gasteiger partial charge in [0.15, 0.2) is 11.6 Å². The Hall–Kier alpha value is -3.06. The van der Waals surface area contributed by atoms with Crippen molar-refractivity contribution in [2.75, 3.05) is 26.2 Å². The molecule has 5 nitrogen and oxygen atoms in total. The van der Waals surface area contributed by atoms with E-state index in [0.29, 0.717) is 13.1 Å². The van der Waals surface area contributed by atoms with Crippen LogP contribution in [0.3, 0.4) is 0 Å². The number of hydrogen-bond donors (Lipinski definition) is 0. The third kappa shape index (κ3) is 6.14. The van der Waals surface area contributed by atoms with Crippen LogP contribution >= 0.6 is 0 Å². The topological polar surface area (TPSA) is 41.4 Å². The van der Waals surface area contributed by atoms with Crippen LogP contribution in [0.1, 0.15) is 55.2 Å². The Labute approximate surface area is 206 Å². The Bertz CT molecular complexity index is 1170. The average molecular weight is 481 g/mol. The molecule has 0 bridgehead atoms. The Morgan fingerprint density at radius 1 is 1.03 bits per heavy atom. The summed E-state index contributed by atoms with van der Waals surface area (Å²) < 4.78 is 30.3. The number of halogens is 2. The van der Waals surface area contributed by atoms with E-state index >= 15 is 0 Å². The number of aromatic nitrogens is 2. The van der Waals surface area contributed by atoms with Crippen molar-refractivity contribution >= 4 is 16.9 Å². The maximum atomic E-state index is 14.4. The van der Waals surface area contributed by atoms with Gasteiger partial charge in [-0.3, -0.25) is 9.69 Å². The summed E-state index contributed by atoms with van der Waals surface area (Å²) in [5.41, 5.74) is 1.60. The zero-order chi connectivity index (χ0) is 24.6. The molecule has 7 heteroatoms. The number of carbonyl (C=O) groups is 1. The first kappa shape index (κ1) is 25.0. The van der Waals surface area contributed by atoms with Gasteiger partial charge in [0, 0.05) is 19.6 Å². The number of benzene rings is 2. The minimum atomic E-state index is -1.10. The monoisotopic (exact) mass is 480 g/mol. The number of piperidine rings is 1. The molecule has 3 aromatic rings. The van der Waals surface area contributed by atoms with Crippen LogP contribution in [0, 0.1) is 11.6 Å². The number of unbranched alkanes of at least 4 members (excludes halogenated alkanes) is 1. The maximum Gasteiger partial charge on any atom is 0.257 e. The second-order valence-corrected chi connectivity index (χ2v) is 9.14. The Kier molecular flexibility index (Phi) is 8.64. The van der Waals surface area contributed by atoms with E-state index in [0.717, 1.165) is 55.4 Å². The van der Waals surface area contributed by atoms with Crippen LogP contribution in [0.25, 0.3) is 11.0 Å². The molecule has 2 heterocycles. The molecular formula is C28H34F2N4O. The Balaban J connectivity index is 1.57. The highest BCUT2D eigenvalue weighted by atomic mass is 19.2. The first-order chi connectivity index (χ1) is 17.1. The van der Waals surface area contributed by atoms with Crippen LogP contribution in [-0.4, -0.2) is 51.4 Å². The van der Waals surface area contributed by atoms with E-state index in [1.807, 2.05) is 31.2 Å². The van der Waals surface area contributed by atoms with Crippen LogP contribution in [0.2, 0.25) is 0 Å². The molecule has 1 aliphatic heterocycles. The molecule has 186 valence electrons. The number of carbonyl (C=O) groups excluding carboxylic acids is 1. The summed E-state index contributed by atoms with van der Waals surface area (Å²) in [6.07, 6.45) is 9.83. The van der Waals surface area contributed by atoms with Gasteiger partial charge in [0.1, 0.15) is 5.82 Å². The summed E-state index contributed by atoms with van der Waals surface area (Å²) in [5.74, 6) is -1.91. The van der Waals surface area contributed by atoms with E-state index < -0.39 is 17.5 Å². The van der Waals surface area contributed by atoms with Gasteiger partial charge in [-0.25, -0.2) is 13.8 Å². The van der Waals surface area contributed by atoms with Crippen LogP contribution in [0.5, 0.6) is 0 Å². The zero-order valence-corrected chi connectivity index (χ0v) is 20.4. The summed E-state index contributed by atoms with van der Waals surface area (Å²) in [4.78, 5) is 22.1. The van der Waals surface area contributed by atoms with E-state index in [1.165, 1.54) is 31.4 Å². The first-order valence-electron chi connectivity index (χ1n) is 12.6. The number of amides is 1. The minimum absolute atomic E-state index is 0.226. The van der Waals surface area contributed by atoms with E-state index in [9.17, 15) is 13.6 Å². The number of imidazole rings is 1. The number of allylic oxidation sites excluding steroid dienone is 1. The summed E-state index contributed by atoms with van der Waals surface area (Å²) in [5, 5.41) is 0. The largest absolute Gasteiger partial charge is 0.331 e. The SMILES string of the molecule is CCCCN(Cc1nc2ccccc2n1C/C=C\CN1CCCCC1)C(=O)c1cccc(F)c1F. The van der Waals surface area contributed by atoms with Crippen molar-refractivity contribution in [3.05, 3.63) is 77.6 Å². The van der Waals surface area contributed by atoms with Gasteiger partial charge in [0.25, 0.3) is 5.91 Å². The molecule has 0 spiro atoms. The van der Waals surface area contributed by atoms with Crippen molar-refractivity contribution in [3.8, 4) is 0 Å². The number of likely N-dealkylation sites (tertiary alicyclic amines) is 1. The fourth-order valence-electron chi connectivity index (χ4n) is 4.61. The number of fused-ring (bicyclic) bond motifs is 1. The van der Waals surface area contributed by atoms with Crippen LogP contribution in [-0.2, 0) is 13.1 Å². The molecule has 2 aromatic carbocycles. The van der Waals surface area contributed by atoms with Gasteiger partial charge in [-0.2, -0.15) is 0 Å². The molecule has 0 aliphatic carbocycles. The van der Waals surface area contributed by atoms with Crippen molar-refractivity contribution in [1.29, 1.82) is 0 Å². The van der Waals surface area contributed by atoms with Crippen LogP contribution in [0.15, 0.2) is 54.6 Å². The summed E-state index contributed by atoms with van der Waals surface area (Å²) in [7, 11) is 0. The Morgan fingerprint density at radius 3 is 2.60 bits per heavy atom. The number of nitrogens with zero attached hydrogens (tertiary/aromatic N) is 4. The van der Waals surface area contributed by atoms with Crippen LogP contribution < -0.4 is 0 Å². The van der Waals surface area contributed by atoms with Crippen molar-refractivity contribution in [2.45, 2.75) is 52.1 Å². The standard InChI is InChI=1S/C28H34F2N4O/c1-2-3-19-33(28(35)22-12-11-13-23(29)27(22)30)21-26-31-24-14-5-6-15-25(24)34(26)20-10-9-18-32-16-7-4-8-17-32/h5-6,9-15H,2-4,7-8,16-21H2,1H3/b10-9-. The van der Waals surface area contributed by atoms with Gasteiger partial charge in [-0.15, -0.1) is 0 Å². The molecule has 0 radical (unpaired) electrons.